The van der Waals surface area contributed by atoms with Gasteiger partial charge in [-0.2, -0.15) is 0 Å². The van der Waals surface area contributed by atoms with Crippen molar-refractivity contribution in [2.45, 2.75) is 76.9 Å². The van der Waals surface area contributed by atoms with Crippen LogP contribution in [0.25, 0.3) is 0 Å². The van der Waals surface area contributed by atoms with E-state index in [1.54, 1.807) is 0 Å². The number of unbranched alkanes of at least 4 members (excludes halogenated alkanes) is 3. The highest BCUT2D eigenvalue weighted by Gasteiger charge is 2.64. The lowest BCUT2D eigenvalue weighted by Crippen LogP contribution is -2.31. The number of ketones is 1. The molecule has 5 heteroatoms. The Bertz CT molecular complexity index is 486. The third-order valence-electron chi connectivity index (χ3n) is 5.82. The molecule has 0 aromatic rings. The second-order valence-corrected chi connectivity index (χ2v) is 7.64. The van der Waals surface area contributed by atoms with Crippen LogP contribution >= 0.6 is 0 Å². The van der Waals surface area contributed by atoms with Crippen LogP contribution in [0, 0.1) is 23.7 Å². The average molecular weight is 352 g/mol. The quantitative estimate of drug-likeness (QED) is 0.371. The van der Waals surface area contributed by atoms with Crippen molar-refractivity contribution in [3.8, 4) is 0 Å². The maximum Gasteiger partial charge on any atom is 0.303 e. The van der Waals surface area contributed by atoms with Crippen LogP contribution in [-0.4, -0.2) is 39.3 Å². The fraction of sp³-hybridized carbons (Fsp3) is 0.800. The van der Waals surface area contributed by atoms with E-state index in [0.717, 1.165) is 19.3 Å². The molecule has 0 amide bonds. The first-order chi connectivity index (χ1) is 12.0. The molecule has 0 saturated heterocycles. The van der Waals surface area contributed by atoms with Crippen molar-refractivity contribution >= 4 is 11.8 Å². The van der Waals surface area contributed by atoms with Crippen LogP contribution < -0.4 is 0 Å². The van der Waals surface area contributed by atoms with Crippen molar-refractivity contribution in [2.24, 2.45) is 23.7 Å². The van der Waals surface area contributed by atoms with Crippen molar-refractivity contribution in [1.82, 2.24) is 0 Å². The van der Waals surface area contributed by atoms with E-state index >= 15 is 0 Å². The van der Waals surface area contributed by atoms with Gasteiger partial charge in [0.15, 0.2) is 0 Å². The lowest BCUT2D eigenvalue weighted by atomic mass is 9.90. The summed E-state index contributed by atoms with van der Waals surface area (Å²) < 4.78 is 0. The molecule has 2 aliphatic rings. The fourth-order valence-corrected chi connectivity index (χ4v) is 4.40. The average Bonchev–Trinajstić information content (AvgIpc) is 3.16. The first-order valence-electron chi connectivity index (χ1n) is 9.73. The number of Topliss-reactive ketones (excluding diaryl/α,β-unsaturated/α-hetero) is 1. The number of carbonyl (C=O) groups excluding carboxylic acids is 1. The minimum absolute atomic E-state index is 0.0387. The Kier molecular flexibility index (Phi) is 7.63. The van der Waals surface area contributed by atoms with E-state index < -0.39 is 18.2 Å². The van der Waals surface area contributed by atoms with E-state index in [1.807, 2.05) is 12.2 Å². The molecule has 0 bridgehead atoms. The van der Waals surface area contributed by atoms with Crippen molar-refractivity contribution in [2.75, 3.05) is 0 Å². The van der Waals surface area contributed by atoms with Crippen molar-refractivity contribution < 1.29 is 24.9 Å². The van der Waals surface area contributed by atoms with E-state index in [2.05, 4.69) is 6.92 Å². The third kappa shape index (κ3) is 5.38. The monoisotopic (exact) mass is 352 g/mol. The van der Waals surface area contributed by atoms with Gasteiger partial charge in [0.25, 0.3) is 0 Å². The highest BCUT2D eigenvalue weighted by atomic mass is 16.4. The van der Waals surface area contributed by atoms with Crippen LogP contribution in [0.1, 0.15) is 64.7 Å². The zero-order chi connectivity index (χ0) is 18.4. The zero-order valence-electron chi connectivity index (χ0n) is 15.1. The minimum atomic E-state index is -0.783. The Morgan fingerprint density at radius 3 is 2.68 bits per heavy atom. The van der Waals surface area contributed by atoms with Gasteiger partial charge in [0.05, 0.1) is 12.2 Å². The summed E-state index contributed by atoms with van der Waals surface area (Å²) in [7, 11) is 0. The summed E-state index contributed by atoms with van der Waals surface area (Å²) in [4.78, 5) is 22.6. The van der Waals surface area contributed by atoms with Gasteiger partial charge in [0.1, 0.15) is 5.78 Å². The SMILES string of the molecule is CCCCCC(O)C(O)C1C2CC(=O)C(CC=CCCCC(=O)O)C21. The summed E-state index contributed by atoms with van der Waals surface area (Å²) in [6, 6.07) is 0. The van der Waals surface area contributed by atoms with E-state index in [9.17, 15) is 19.8 Å². The fourth-order valence-electron chi connectivity index (χ4n) is 4.40. The Morgan fingerprint density at radius 1 is 1.24 bits per heavy atom. The number of carbonyl (C=O) groups is 2. The molecule has 6 atom stereocenters. The molecular weight excluding hydrogens is 320 g/mol. The molecule has 2 rings (SSSR count). The summed E-state index contributed by atoms with van der Waals surface area (Å²) in [5, 5.41) is 29.2. The van der Waals surface area contributed by atoms with E-state index in [1.165, 1.54) is 0 Å². The third-order valence-corrected chi connectivity index (χ3v) is 5.82. The van der Waals surface area contributed by atoms with Crippen LogP contribution in [-0.2, 0) is 9.59 Å². The van der Waals surface area contributed by atoms with Crippen LogP contribution in [0.3, 0.4) is 0 Å². The number of aliphatic hydroxyl groups excluding tert-OH is 2. The van der Waals surface area contributed by atoms with Crippen LogP contribution in [0.4, 0.5) is 0 Å². The smallest absolute Gasteiger partial charge is 0.303 e. The zero-order valence-corrected chi connectivity index (χ0v) is 15.1. The molecule has 2 fully saturated rings. The molecule has 0 aromatic carbocycles. The van der Waals surface area contributed by atoms with Gasteiger partial charge in [0.2, 0.25) is 0 Å². The standard InChI is InChI=1S/C20H32O5/c1-2-3-6-10-15(21)20(25)19-14-12-16(22)13(18(14)19)9-7-4-5-8-11-17(23)24/h4,7,13-15,18-21,25H,2-3,5-6,8-12H2,1H3,(H,23,24). The molecule has 0 heterocycles. The normalized spacial score (nSPS) is 30.4. The van der Waals surface area contributed by atoms with Gasteiger partial charge in [-0.1, -0.05) is 38.3 Å². The molecule has 2 saturated carbocycles. The second kappa shape index (κ2) is 9.48. The van der Waals surface area contributed by atoms with Gasteiger partial charge < -0.3 is 15.3 Å². The van der Waals surface area contributed by atoms with Crippen LogP contribution in [0.5, 0.6) is 0 Å². The van der Waals surface area contributed by atoms with Crippen molar-refractivity contribution in [1.29, 1.82) is 0 Å². The molecule has 0 aliphatic heterocycles. The number of allylic oxidation sites excluding steroid dienone is 2. The maximum atomic E-state index is 12.1. The molecule has 0 aromatic heterocycles. The Morgan fingerprint density at radius 2 is 2.00 bits per heavy atom. The summed E-state index contributed by atoms with van der Waals surface area (Å²) in [6.45, 7) is 2.11. The summed E-state index contributed by atoms with van der Waals surface area (Å²) in [6.07, 6.45) is 8.96. The van der Waals surface area contributed by atoms with E-state index in [4.69, 9.17) is 5.11 Å². The molecule has 2 aliphatic carbocycles. The number of aliphatic hydroxyl groups is 2. The number of hydrogen-bond donors (Lipinski definition) is 3. The van der Waals surface area contributed by atoms with Crippen molar-refractivity contribution in [3.05, 3.63) is 12.2 Å². The lowest BCUT2D eigenvalue weighted by Gasteiger charge is -2.21. The molecule has 0 spiro atoms. The first-order valence-corrected chi connectivity index (χ1v) is 9.73. The highest BCUT2D eigenvalue weighted by Crippen LogP contribution is 2.61. The Labute approximate surface area is 150 Å². The molecule has 3 N–H and O–H groups in total. The van der Waals surface area contributed by atoms with Gasteiger partial charge in [0, 0.05) is 18.8 Å². The number of carboxylic acids is 1. The van der Waals surface area contributed by atoms with E-state index in [0.29, 0.717) is 32.1 Å². The topological polar surface area (TPSA) is 94.8 Å². The minimum Gasteiger partial charge on any atom is -0.481 e. The predicted molar refractivity (Wildman–Crippen MR) is 95.0 cm³/mol. The van der Waals surface area contributed by atoms with Gasteiger partial charge in [-0.25, -0.2) is 0 Å². The van der Waals surface area contributed by atoms with Gasteiger partial charge >= 0.3 is 5.97 Å². The Balaban J connectivity index is 1.75. The number of fused-ring (bicyclic) bond motifs is 1. The van der Waals surface area contributed by atoms with Crippen molar-refractivity contribution in [3.63, 3.8) is 0 Å². The predicted octanol–water partition coefficient (Wildman–Crippen LogP) is 2.94. The molecule has 0 radical (unpaired) electrons. The lowest BCUT2D eigenvalue weighted by molar-refractivity contribution is -0.137. The largest absolute Gasteiger partial charge is 0.481 e. The molecule has 5 nitrogen and oxygen atoms in total. The summed E-state index contributed by atoms with van der Waals surface area (Å²) in [5.41, 5.74) is 0. The van der Waals surface area contributed by atoms with Gasteiger partial charge in [-0.3, -0.25) is 9.59 Å². The first kappa shape index (κ1) is 20.1. The number of aliphatic carboxylic acids is 1. The van der Waals surface area contributed by atoms with Crippen LogP contribution in [0.2, 0.25) is 0 Å². The summed E-state index contributed by atoms with van der Waals surface area (Å²) in [5.74, 6) is -0.0210. The molecule has 142 valence electrons. The number of hydrogen-bond acceptors (Lipinski definition) is 4. The maximum absolute atomic E-state index is 12.1. The number of carboxylic acid groups (broad SMARTS) is 1. The number of rotatable bonds is 12. The molecule has 25 heavy (non-hydrogen) atoms. The molecular formula is C20H32O5. The van der Waals surface area contributed by atoms with Gasteiger partial charge in [-0.15, -0.1) is 0 Å². The molecule has 6 unspecified atom stereocenters. The highest BCUT2D eigenvalue weighted by molar-refractivity contribution is 5.85. The van der Waals surface area contributed by atoms with Gasteiger partial charge in [-0.05, 0) is 43.4 Å². The Hall–Kier alpha value is -1.20. The summed E-state index contributed by atoms with van der Waals surface area (Å²) >= 11 is 0. The second-order valence-electron chi connectivity index (χ2n) is 7.64. The van der Waals surface area contributed by atoms with E-state index in [-0.39, 0.29) is 35.9 Å². The van der Waals surface area contributed by atoms with Crippen LogP contribution in [0.15, 0.2) is 12.2 Å².